The Kier molecular flexibility index (Phi) is 7.91. The van der Waals surface area contributed by atoms with Crippen molar-refractivity contribution in [3.63, 3.8) is 0 Å². The van der Waals surface area contributed by atoms with Crippen molar-refractivity contribution in [1.82, 2.24) is 4.90 Å². The van der Waals surface area contributed by atoms with Crippen LogP contribution in [0.2, 0.25) is 0 Å². The minimum Gasteiger partial charge on any atom is -0.497 e. The van der Waals surface area contributed by atoms with Gasteiger partial charge >= 0.3 is 6.09 Å². The number of nitrogens with zero attached hydrogens (tertiary/aromatic N) is 1. The molecule has 1 N–H and O–H groups in total. The topological polar surface area (TPSA) is 50.8 Å². The fraction of sp³-hybridized carbons (Fsp3) is 0.417. The lowest BCUT2D eigenvalue weighted by atomic mass is 10.3. The van der Waals surface area contributed by atoms with Crippen LogP contribution in [0.5, 0.6) is 5.75 Å². The number of carbonyl (C=O) groups is 1. The highest BCUT2D eigenvalue weighted by atomic mass is 35.5. The molecule has 0 unspecified atom stereocenters. The molecule has 5 nitrogen and oxygen atoms in total. The lowest BCUT2D eigenvalue weighted by Gasteiger charge is -2.11. The molecule has 1 aromatic carbocycles. The van der Waals surface area contributed by atoms with Gasteiger partial charge in [0, 0.05) is 18.3 Å². The normalized spacial score (nSPS) is 9.56. The van der Waals surface area contributed by atoms with E-state index in [1.54, 1.807) is 25.3 Å². The molecular weight excluding hydrogens is 256 g/mol. The van der Waals surface area contributed by atoms with E-state index in [4.69, 9.17) is 9.47 Å². The molecule has 1 aromatic rings. The van der Waals surface area contributed by atoms with Crippen molar-refractivity contribution in [2.45, 2.75) is 0 Å². The molecule has 0 atom stereocenters. The summed E-state index contributed by atoms with van der Waals surface area (Å²) >= 11 is 0. The van der Waals surface area contributed by atoms with Gasteiger partial charge in [-0.2, -0.15) is 0 Å². The zero-order valence-electron chi connectivity index (χ0n) is 10.8. The molecule has 0 heterocycles. The first-order chi connectivity index (χ1) is 8.11. The fourth-order valence-corrected chi connectivity index (χ4v) is 1.18. The minimum absolute atomic E-state index is 0. The summed E-state index contributed by atoms with van der Waals surface area (Å²) < 4.78 is 10.0. The Bertz CT molecular complexity index is 372. The molecular formula is C12H19ClN2O3. The Morgan fingerprint density at radius 2 is 2.11 bits per heavy atom. The Labute approximate surface area is 113 Å². The van der Waals surface area contributed by atoms with E-state index in [-0.39, 0.29) is 12.4 Å². The summed E-state index contributed by atoms with van der Waals surface area (Å²) in [6.07, 6.45) is -0.458. The van der Waals surface area contributed by atoms with Gasteiger partial charge in [0.05, 0.1) is 7.11 Å². The molecule has 102 valence electrons. The van der Waals surface area contributed by atoms with Crippen molar-refractivity contribution >= 4 is 24.2 Å². The van der Waals surface area contributed by atoms with Gasteiger partial charge in [0.15, 0.2) is 0 Å². The van der Waals surface area contributed by atoms with Crippen LogP contribution in [0.1, 0.15) is 0 Å². The van der Waals surface area contributed by atoms with E-state index in [2.05, 4.69) is 5.32 Å². The number of amides is 1. The number of ether oxygens (including phenoxy) is 2. The molecule has 0 aliphatic rings. The number of methoxy groups -OCH3 is 1. The summed E-state index contributed by atoms with van der Waals surface area (Å²) in [6.45, 7) is 1.06. The molecule has 0 spiro atoms. The average Bonchev–Trinajstić information content (AvgIpc) is 2.28. The Morgan fingerprint density at radius 3 is 2.72 bits per heavy atom. The molecule has 0 saturated carbocycles. The van der Waals surface area contributed by atoms with Crippen molar-refractivity contribution in [1.29, 1.82) is 0 Å². The summed E-state index contributed by atoms with van der Waals surface area (Å²) in [4.78, 5) is 13.3. The second-order valence-electron chi connectivity index (χ2n) is 3.80. The van der Waals surface area contributed by atoms with Gasteiger partial charge in [0.1, 0.15) is 12.4 Å². The highest BCUT2D eigenvalue weighted by molar-refractivity contribution is 5.85. The monoisotopic (exact) mass is 274 g/mol. The Hall–Kier alpha value is -1.46. The molecule has 18 heavy (non-hydrogen) atoms. The quantitative estimate of drug-likeness (QED) is 0.895. The highest BCUT2D eigenvalue weighted by Crippen LogP contribution is 2.16. The first-order valence-corrected chi connectivity index (χ1v) is 5.34. The van der Waals surface area contributed by atoms with E-state index >= 15 is 0 Å². The molecule has 0 saturated heterocycles. The van der Waals surface area contributed by atoms with Gasteiger partial charge in [0.2, 0.25) is 0 Å². The maximum Gasteiger partial charge on any atom is 0.411 e. The zero-order valence-corrected chi connectivity index (χ0v) is 11.6. The Morgan fingerprint density at radius 1 is 1.39 bits per heavy atom. The van der Waals surface area contributed by atoms with E-state index in [9.17, 15) is 4.79 Å². The van der Waals surface area contributed by atoms with Crippen LogP contribution in [0.3, 0.4) is 0 Å². The van der Waals surface area contributed by atoms with E-state index < -0.39 is 6.09 Å². The minimum atomic E-state index is -0.458. The molecule has 0 aliphatic heterocycles. The number of nitrogens with one attached hydrogen (secondary N) is 1. The maximum absolute atomic E-state index is 11.4. The second kappa shape index (κ2) is 8.60. The third-order valence-electron chi connectivity index (χ3n) is 2.09. The van der Waals surface area contributed by atoms with Gasteiger partial charge in [-0.1, -0.05) is 6.07 Å². The third-order valence-corrected chi connectivity index (χ3v) is 2.09. The summed E-state index contributed by atoms with van der Waals surface area (Å²) in [5, 5.41) is 2.63. The van der Waals surface area contributed by atoms with Gasteiger partial charge < -0.3 is 14.4 Å². The zero-order chi connectivity index (χ0) is 12.7. The van der Waals surface area contributed by atoms with Crippen LogP contribution >= 0.6 is 12.4 Å². The van der Waals surface area contributed by atoms with Gasteiger partial charge in [-0.05, 0) is 26.2 Å². The number of hydrogen-bond acceptors (Lipinski definition) is 4. The van der Waals surface area contributed by atoms with E-state index in [1.807, 2.05) is 25.1 Å². The molecule has 0 bridgehead atoms. The molecule has 0 aromatic heterocycles. The van der Waals surface area contributed by atoms with Gasteiger partial charge in [-0.3, -0.25) is 5.32 Å². The molecule has 0 aliphatic carbocycles. The molecule has 6 heteroatoms. The van der Waals surface area contributed by atoms with Crippen LogP contribution in [0, 0.1) is 0 Å². The standard InChI is InChI=1S/C12H18N2O3.ClH/c1-14(2)7-8-17-12(15)13-10-5-4-6-11(9-10)16-3;/h4-6,9H,7-8H2,1-3H3,(H,13,15);1H. The molecule has 0 fully saturated rings. The largest absolute Gasteiger partial charge is 0.497 e. The number of hydrogen-bond donors (Lipinski definition) is 1. The summed E-state index contributed by atoms with van der Waals surface area (Å²) in [5.74, 6) is 0.691. The predicted molar refractivity (Wildman–Crippen MR) is 73.8 cm³/mol. The lowest BCUT2D eigenvalue weighted by molar-refractivity contribution is 0.151. The smallest absolute Gasteiger partial charge is 0.411 e. The van der Waals surface area contributed by atoms with Crippen LogP contribution < -0.4 is 10.1 Å². The summed E-state index contributed by atoms with van der Waals surface area (Å²) in [5.41, 5.74) is 0.652. The number of benzene rings is 1. The van der Waals surface area contributed by atoms with Crippen LogP contribution in [0.4, 0.5) is 10.5 Å². The van der Waals surface area contributed by atoms with Crippen LogP contribution in [-0.2, 0) is 4.74 Å². The molecule has 1 rings (SSSR count). The van der Waals surface area contributed by atoms with Crippen molar-refractivity contribution in [2.24, 2.45) is 0 Å². The van der Waals surface area contributed by atoms with E-state index in [0.29, 0.717) is 24.6 Å². The first kappa shape index (κ1) is 16.5. The van der Waals surface area contributed by atoms with Gasteiger partial charge in [0.25, 0.3) is 0 Å². The van der Waals surface area contributed by atoms with Crippen molar-refractivity contribution < 1.29 is 14.3 Å². The average molecular weight is 275 g/mol. The number of halogens is 1. The SMILES string of the molecule is COc1cccc(NC(=O)OCCN(C)C)c1.Cl. The second-order valence-corrected chi connectivity index (χ2v) is 3.80. The van der Waals surface area contributed by atoms with Gasteiger partial charge in [-0.15, -0.1) is 12.4 Å². The summed E-state index contributed by atoms with van der Waals surface area (Å²) in [6, 6.07) is 7.11. The highest BCUT2D eigenvalue weighted by Gasteiger charge is 2.03. The molecule has 0 radical (unpaired) electrons. The number of anilines is 1. The first-order valence-electron chi connectivity index (χ1n) is 5.34. The lowest BCUT2D eigenvalue weighted by Crippen LogP contribution is -2.22. The fourth-order valence-electron chi connectivity index (χ4n) is 1.18. The number of rotatable bonds is 5. The third kappa shape index (κ3) is 6.32. The van der Waals surface area contributed by atoms with Crippen molar-refractivity contribution in [2.75, 3.05) is 39.7 Å². The predicted octanol–water partition coefficient (Wildman–Crippen LogP) is 2.23. The Balaban J connectivity index is 0.00000289. The maximum atomic E-state index is 11.4. The molecule has 1 amide bonds. The van der Waals surface area contributed by atoms with Crippen LogP contribution in [-0.4, -0.2) is 45.3 Å². The van der Waals surface area contributed by atoms with Crippen molar-refractivity contribution in [3.05, 3.63) is 24.3 Å². The van der Waals surface area contributed by atoms with Gasteiger partial charge in [-0.25, -0.2) is 4.79 Å². The van der Waals surface area contributed by atoms with E-state index in [0.717, 1.165) is 0 Å². The van der Waals surface area contributed by atoms with Crippen molar-refractivity contribution in [3.8, 4) is 5.75 Å². The van der Waals surface area contributed by atoms with E-state index in [1.165, 1.54) is 0 Å². The van der Waals surface area contributed by atoms with Crippen LogP contribution in [0.15, 0.2) is 24.3 Å². The number of likely N-dealkylation sites (N-methyl/N-ethyl adjacent to an activating group) is 1. The summed E-state index contributed by atoms with van der Waals surface area (Å²) in [7, 11) is 5.42. The number of carbonyl (C=O) groups excluding carboxylic acids is 1. The van der Waals surface area contributed by atoms with Crippen LogP contribution in [0.25, 0.3) is 0 Å².